The highest BCUT2D eigenvalue weighted by molar-refractivity contribution is 8.01. The number of non-ortho nitro benzene ring substituents is 1. The molecule has 140 valence electrons. The van der Waals surface area contributed by atoms with Gasteiger partial charge in [-0.1, -0.05) is 37.7 Å². The fraction of sp³-hybridized carbons (Fsp3) is 0.263. The summed E-state index contributed by atoms with van der Waals surface area (Å²) in [6.45, 7) is 4.33. The number of carbonyl (C=O) groups excluding carboxylic acids is 1. The summed E-state index contributed by atoms with van der Waals surface area (Å²) in [6.07, 6.45) is 1.08. The Hall–Kier alpha value is -2.45. The van der Waals surface area contributed by atoms with Crippen LogP contribution in [0.15, 0.2) is 46.8 Å². The molecule has 0 aliphatic rings. The lowest BCUT2D eigenvalue weighted by atomic mass is 9.99. The molecule has 2 aromatic carbocycles. The molecule has 1 heterocycles. The van der Waals surface area contributed by atoms with E-state index in [2.05, 4.69) is 24.1 Å². The maximum Gasteiger partial charge on any atom is 0.270 e. The number of nitrogens with one attached hydrogen (secondary N) is 1. The van der Waals surface area contributed by atoms with Crippen LogP contribution in [0.1, 0.15) is 31.7 Å². The second-order valence-corrected chi connectivity index (χ2v) is 8.41. The summed E-state index contributed by atoms with van der Waals surface area (Å²) in [4.78, 5) is 27.0. The molecule has 3 rings (SSSR count). The third kappa shape index (κ3) is 4.84. The molecule has 27 heavy (non-hydrogen) atoms. The van der Waals surface area contributed by atoms with Gasteiger partial charge in [-0.05, 0) is 36.1 Å². The number of thioether (sulfide) groups is 1. The molecule has 0 bridgehead atoms. The SMILES string of the molecule is CC[C@H](C)c1ccc(NC(=O)CSc2nc3ccc([N+](=O)[O-])cc3s2)cc1. The second kappa shape index (κ2) is 8.49. The van der Waals surface area contributed by atoms with E-state index in [0.29, 0.717) is 15.8 Å². The average molecular weight is 402 g/mol. The first-order chi connectivity index (χ1) is 13.0. The van der Waals surface area contributed by atoms with Crippen molar-refractivity contribution in [3.63, 3.8) is 0 Å². The molecule has 0 saturated carbocycles. The average Bonchev–Trinajstić information content (AvgIpc) is 3.08. The van der Waals surface area contributed by atoms with Crippen molar-refractivity contribution in [3.05, 3.63) is 58.1 Å². The van der Waals surface area contributed by atoms with Gasteiger partial charge in [-0.15, -0.1) is 11.3 Å². The Balaban J connectivity index is 1.58. The number of thiazole rings is 1. The predicted octanol–water partition coefficient (Wildman–Crippen LogP) is 5.45. The number of nitrogens with zero attached hydrogens (tertiary/aromatic N) is 2. The zero-order valence-electron chi connectivity index (χ0n) is 15.0. The van der Waals surface area contributed by atoms with Gasteiger partial charge >= 0.3 is 0 Å². The van der Waals surface area contributed by atoms with Crippen LogP contribution in [0.25, 0.3) is 10.2 Å². The molecule has 0 unspecified atom stereocenters. The van der Waals surface area contributed by atoms with Crippen molar-refractivity contribution in [2.45, 2.75) is 30.5 Å². The Morgan fingerprint density at radius 1 is 1.30 bits per heavy atom. The molecule has 1 N–H and O–H groups in total. The highest BCUT2D eigenvalue weighted by Crippen LogP contribution is 2.31. The maximum atomic E-state index is 12.2. The van der Waals surface area contributed by atoms with Crippen molar-refractivity contribution in [2.75, 3.05) is 11.1 Å². The monoisotopic (exact) mass is 401 g/mol. The highest BCUT2D eigenvalue weighted by atomic mass is 32.2. The number of rotatable bonds is 7. The molecule has 0 aliphatic heterocycles. The van der Waals surface area contributed by atoms with Gasteiger partial charge in [0.1, 0.15) is 0 Å². The number of anilines is 1. The van der Waals surface area contributed by atoms with Crippen LogP contribution < -0.4 is 5.32 Å². The number of amides is 1. The van der Waals surface area contributed by atoms with E-state index in [1.807, 2.05) is 24.3 Å². The third-order valence-corrected chi connectivity index (χ3v) is 6.43. The van der Waals surface area contributed by atoms with Crippen LogP contribution in [0.5, 0.6) is 0 Å². The third-order valence-electron chi connectivity index (χ3n) is 4.27. The topological polar surface area (TPSA) is 85.1 Å². The van der Waals surface area contributed by atoms with Gasteiger partial charge in [-0.2, -0.15) is 0 Å². The Morgan fingerprint density at radius 3 is 2.70 bits per heavy atom. The summed E-state index contributed by atoms with van der Waals surface area (Å²) in [5.41, 5.74) is 2.77. The molecule has 0 saturated heterocycles. The fourth-order valence-corrected chi connectivity index (χ4v) is 4.42. The van der Waals surface area contributed by atoms with Crippen LogP contribution >= 0.6 is 23.1 Å². The second-order valence-electron chi connectivity index (χ2n) is 6.16. The molecule has 3 aromatic rings. The lowest BCUT2D eigenvalue weighted by molar-refractivity contribution is -0.384. The summed E-state index contributed by atoms with van der Waals surface area (Å²) in [7, 11) is 0. The number of benzene rings is 2. The Morgan fingerprint density at radius 2 is 2.04 bits per heavy atom. The van der Waals surface area contributed by atoms with Gasteiger partial charge in [0.25, 0.3) is 5.69 Å². The number of nitro groups is 1. The fourth-order valence-electron chi connectivity index (χ4n) is 2.52. The van der Waals surface area contributed by atoms with E-state index in [4.69, 9.17) is 0 Å². The minimum absolute atomic E-state index is 0.0429. The molecule has 1 amide bonds. The van der Waals surface area contributed by atoms with Crippen LogP contribution in [0.3, 0.4) is 0 Å². The van der Waals surface area contributed by atoms with Gasteiger partial charge in [0.05, 0.1) is 20.9 Å². The first-order valence-electron chi connectivity index (χ1n) is 8.54. The Bertz CT molecular complexity index is 970. The minimum Gasteiger partial charge on any atom is -0.325 e. The summed E-state index contributed by atoms with van der Waals surface area (Å²) in [5, 5.41) is 13.7. The normalized spacial score (nSPS) is 12.1. The summed E-state index contributed by atoms with van der Waals surface area (Å²) < 4.78 is 1.46. The van der Waals surface area contributed by atoms with Crippen LogP contribution in [0, 0.1) is 10.1 Å². The predicted molar refractivity (Wildman–Crippen MR) is 111 cm³/mol. The standard InChI is InChI=1S/C19H19N3O3S2/c1-3-12(2)13-4-6-14(7-5-13)20-18(23)11-26-19-21-16-9-8-15(22(24)25)10-17(16)27-19/h4-10,12H,3,11H2,1-2H3,(H,20,23)/t12-/m0/s1. The molecule has 6 nitrogen and oxygen atoms in total. The van der Waals surface area contributed by atoms with Crippen molar-refractivity contribution < 1.29 is 9.72 Å². The molecular weight excluding hydrogens is 382 g/mol. The zero-order valence-corrected chi connectivity index (χ0v) is 16.6. The van der Waals surface area contributed by atoms with E-state index in [9.17, 15) is 14.9 Å². The molecule has 0 spiro atoms. The van der Waals surface area contributed by atoms with Crippen molar-refractivity contribution in [3.8, 4) is 0 Å². The molecule has 1 aromatic heterocycles. The number of hydrogen-bond acceptors (Lipinski definition) is 6. The number of fused-ring (bicyclic) bond motifs is 1. The van der Waals surface area contributed by atoms with E-state index in [1.165, 1.54) is 40.8 Å². The van der Waals surface area contributed by atoms with E-state index >= 15 is 0 Å². The number of aromatic nitrogens is 1. The highest BCUT2D eigenvalue weighted by Gasteiger charge is 2.12. The van der Waals surface area contributed by atoms with Crippen molar-refractivity contribution in [1.29, 1.82) is 0 Å². The van der Waals surface area contributed by atoms with Gasteiger partial charge in [-0.3, -0.25) is 14.9 Å². The van der Waals surface area contributed by atoms with E-state index in [0.717, 1.165) is 16.8 Å². The molecule has 1 atom stereocenters. The van der Waals surface area contributed by atoms with Gasteiger partial charge in [-0.25, -0.2) is 4.98 Å². The van der Waals surface area contributed by atoms with Gasteiger partial charge in [0, 0.05) is 17.8 Å². The lowest BCUT2D eigenvalue weighted by Crippen LogP contribution is -2.13. The number of hydrogen-bond donors (Lipinski definition) is 1. The maximum absolute atomic E-state index is 12.2. The number of carbonyl (C=O) groups is 1. The summed E-state index contributed by atoms with van der Waals surface area (Å²) >= 11 is 2.68. The smallest absolute Gasteiger partial charge is 0.270 e. The summed E-state index contributed by atoms with van der Waals surface area (Å²) in [6, 6.07) is 12.5. The Labute approximate surface area is 165 Å². The van der Waals surface area contributed by atoms with Crippen LogP contribution in [0.4, 0.5) is 11.4 Å². The van der Waals surface area contributed by atoms with E-state index in [1.54, 1.807) is 6.07 Å². The zero-order chi connectivity index (χ0) is 19.4. The van der Waals surface area contributed by atoms with Crippen molar-refractivity contribution >= 4 is 50.6 Å². The first kappa shape index (κ1) is 19.3. The molecule has 8 heteroatoms. The number of nitro benzene ring substituents is 1. The quantitative estimate of drug-likeness (QED) is 0.323. The van der Waals surface area contributed by atoms with Gasteiger partial charge in [0.2, 0.25) is 5.91 Å². The van der Waals surface area contributed by atoms with Crippen LogP contribution in [0.2, 0.25) is 0 Å². The van der Waals surface area contributed by atoms with Crippen LogP contribution in [-0.2, 0) is 4.79 Å². The minimum atomic E-state index is -0.425. The molecule has 0 aliphatic carbocycles. The summed E-state index contributed by atoms with van der Waals surface area (Å²) in [5.74, 6) is 0.622. The van der Waals surface area contributed by atoms with E-state index < -0.39 is 4.92 Å². The molecule has 0 radical (unpaired) electrons. The first-order valence-corrected chi connectivity index (χ1v) is 10.3. The molecular formula is C19H19N3O3S2. The molecule has 0 fully saturated rings. The van der Waals surface area contributed by atoms with E-state index in [-0.39, 0.29) is 17.3 Å². The van der Waals surface area contributed by atoms with Gasteiger partial charge in [0.15, 0.2) is 4.34 Å². The van der Waals surface area contributed by atoms with Gasteiger partial charge < -0.3 is 5.32 Å². The van der Waals surface area contributed by atoms with Crippen molar-refractivity contribution in [2.24, 2.45) is 0 Å². The largest absolute Gasteiger partial charge is 0.325 e. The Kier molecular flexibility index (Phi) is 6.08. The van der Waals surface area contributed by atoms with Crippen molar-refractivity contribution in [1.82, 2.24) is 4.98 Å². The lowest BCUT2D eigenvalue weighted by Gasteiger charge is -2.10. The van der Waals surface area contributed by atoms with Crippen LogP contribution in [-0.4, -0.2) is 21.6 Å².